The number of hydrogen-bond donors (Lipinski definition) is 1. The van der Waals surface area contributed by atoms with E-state index in [-0.39, 0.29) is 16.7 Å². The van der Waals surface area contributed by atoms with E-state index in [0.29, 0.717) is 35.2 Å². The first-order chi connectivity index (χ1) is 12.8. The molecule has 3 rings (SSSR count). The van der Waals surface area contributed by atoms with Crippen LogP contribution in [-0.4, -0.2) is 48.4 Å². The minimum Gasteiger partial charge on any atom is -0.338 e. The number of aromatic nitrogens is 2. The van der Waals surface area contributed by atoms with Crippen LogP contribution in [0.15, 0.2) is 23.1 Å². The molecule has 1 amide bonds. The van der Waals surface area contributed by atoms with E-state index in [1.807, 2.05) is 6.92 Å². The minimum atomic E-state index is -3.60. The summed E-state index contributed by atoms with van der Waals surface area (Å²) in [5, 5.41) is 4.31. The highest BCUT2D eigenvalue weighted by molar-refractivity contribution is 7.89. The summed E-state index contributed by atoms with van der Waals surface area (Å²) in [5.74, 6) is 0.140. The number of aryl methyl sites for hydroxylation is 2. The van der Waals surface area contributed by atoms with Crippen LogP contribution in [0.5, 0.6) is 0 Å². The van der Waals surface area contributed by atoms with Crippen molar-refractivity contribution >= 4 is 39.1 Å². The van der Waals surface area contributed by atoms with E-state index >= 15 is 0 Å². The Morgan fingerprint density at radius 3 is 2.63 bits per heavy atom. The number of rotatable bonds is 5. The van der Waals surface area contributed by atoms with Crippen LogP contribution in [0.2, 0.25) is 5.02 Å². The molecule has 0 unspecified atom stereocenters. The van der Waals surface area contributed by atoms with Crippen LogP contribution in [-0.2, 0) is 10.0 Å². The van der Waals surface area contributed by atoms with Crippen molar-refractivity contribution in [3.8, 4) is 0 Å². The summed E-state index contributed by atoms with van der Waals surface area (Å²) in [5.41, 5.74) is 1.48. The van der Waals surface area contributed by atoms with E-state index < -0.39 is 10.0 Å². The molecule has 27 heavy (non-hydrogen) atoms. The third kappa shape index (κ3) is 4.66. The van der Waals surface area contributed by atoms with Gasteiger partial charge in [-0.05, 0) is 61.8 Å². The van der Waals surface area contributed by atoms with Gasteiger partial charge in [0.15, 0.2) is 0 Å². The molecule has 1 aromatic heterocycles. The molecular weight excluding hydrogens is 408 g/mol. The first-order valence-electron chi connectivity index (χ1n) is 8.62. The smallest absolute Gasteiger partial charge is 0.267 e. The Bertz CT molecular complexity index is 937. The molecule has 1 fully saturated rings. The van der Waals surface area contributed by atoms with E-state index in [1.54, 1.807) is 24.0 Å². The lowest BCUT2D eigenvalue weighted by molar-refractivity contribution is 0.0696. The molecule has 1 aliphatic rings. The Kier molecular flexibility index (Phi) is 6.15. The fourth-order valence-electron chi connectivity index (χ4n) is 2.96. The van der Waals surface area contributed by atoms with Gasteiger partial charge >= 0.3 is 0 Å². The number of likely N-dealkylation sites (tertiary alicyclic amines) is 1. The van der Waals surface area contributed by atoms with Crippen molar-refractivity contribution in [3.63, 3.8) is 0 Å². The standard InChI is InChI=1S/C17H21ClN4O3S2/c1-11-3-4-14(9-15(11)18)27(24,25)19-10-13-5-7-22(8-6-13)17(23)16-12(2)20-21-26-16/h3-4,9,13,19H,5-8,10H2,1-2H3. The largest absolute Gasteiger partial charge is 0.338 e. The molecule has 2 heterocycles. The number of carbonyl (C=O) groups is 1. The Hall–Kier alpha value is -1.55. The molecule has 1 N–H and O–H groups in total. The molecule has 1 saturated heterocycles. The predicted molar refractivity (Wildman–Crippen MR) is 105 cm³/mol. The molecule has 7 nitrogen and oxygen atoms in total. The molecule has 0 bridgehead atoms. The zero-order valence-corrected chi connectivity index (χ0v) is 17.5. The molecule has 0 aliphatic carbocycles. The second-order valence-electron chi connectivity index (χ2n) is 6.69. The summed E-state index contributed by atoms with van der Waals surface area (Å²) in [6, 6.07) is 4.71. The number of carbonyl (C=O) groups excluding carboxylic acids is 1. The van der Waals surface area contributed by atoms with Crippen LogP contribution >= 0.6 is 23.1 Å². The van der Waals surface area contributed by atoms with Gasteiger partial charge in [0, 0.05) is 24.7 Å². The molecule has 2 aromatic rings. The maximum Gasteiger partial charge on any atom is 0.267 e. The van der Waals surface area contributed by atoms with Gasteiger partial charge in [0.1, 0.15) is 4.88 Å². The summed E-state index contributed by atoms with van der Waals surface area (Å²) in [6.07, 6.45) is 1.49. The second kappa shape index (κ2) is 8.22. The molecule has 10 heteroatoms. The number of sulfonamides is 1. The van der Waals surface area contributed by atoms with Gasteiger partial charge in [0.05, 0.1) is 10.6 Å². The highest BCUT2D eigenvalue weighted by atomic mass is 35.5. The maximum absolute atomic E-state index is 12.5. The Morgan fingerprint density at radius 2 is 2.04 bits per heavy atom. The lowest BCUT2D eigenvalue weighted by atomic mass is 9.97. The first kappa shape index (κ1) is 20.2. The van der Waals surface area contributed by atoms with Crippen LogP contribution in [0.3, 0.4) is 0 Å². The monoisotopic (exact) mass is 428 g/mol. The Balaban J connectivity index is 1.54. The average Bonchev–Trinajstić information content (AvgIpc) is 3.08. The Morgan fingerprint density at radius 1 is 1.33 bits per heavy atom. The first-order valence-corrected chi connectivity index (χ1v) is 11.3. The number of nitrogens with zero attached hydrogens (tertiary/aromatic N) is 3. The summed E-state index contributed by atoms with van der Waals surface area (Å²) in [7, 11) is -3.60. The lowest BCUT2D eigenvalue weighted by Gasteiger charge is -2.31. The zero-order chi connectivity index (χ0) is 19.6. The quantitative estimate of drug-likeness (QED) is 0.790. The highest BCUT2D eigenvalue weighted by Crippen LogP contribution is 2.23. The van der Waals surface area contributed by atoms with Crippen LogP contribution in [0, 0.1) is 19.8 Å². The molecule has 146 valence electrons. The van der Waals surface area contributed by atoms with Crippen molar-refractivity contribution in [1.29, 1.82) is 0 Å². The summed E-state index contributed by atoms with van der Waals surface area (Å²) in [6.45, 7) is 5.13. The molecule has 1 aliphatic heterocycles. The number of nitrogens with one attached hydrogen (secondary N) is 1. The van der Waals surface area contributed by atoms with Gasteiger partial charge in [-0.25, -0.2) is 13.1 Å². The second-order valence-corrected chi connectivity index (χ2v) is 9.61. The third-order valence-electron chi connectivity index (χ3n) is 4.76. The predicted octanol–water partition coefficient (Wildman–Crippen LogP) is 2.64. The van der Waals surface area contributed by atoms with Gasteiger partial charge in [0.2, 0.25) is 10.0 Å². The van der Waals surface area contributed by atoms with Crippen LogP contribution in [0.4, 0.5) is 0 Å². The van der Waals surface area contributed by atoms with Crippen molar-refractivity contribution < 1.29 is 13.2 Å². The maximum atomic E-state index is 12.5. The van der Waals surface area contributed by atoms with Crippen molar-refractivity contribution in [1.82, 2.24) is 19.2 Å². The van der Waals surface area contributed by atoms with Crippen molar-refractivity contribution in [2.75, 3.05) is 19.6 Å². The molecule has 0 radical (unpaired) electrons. The summed E-state index contributed by atoms with van der Waals surface area (Å²) < 4.78 is 31.4. The van der Waals surface area contributed by atoms with E-state index in [0.717, 1.165) is 29.9 Å². The average molecular weight is 429 g/mol. The molecule has 0 spiro atoms. The van der Waals surface area contributed by atoms with Crippen LogP contribution in [0.1, 0.15) is 33.8 Å². The molecular formula is C17H21ClN4O3S2. The molecule has 0 atom stereocenters. The van der Waals surface area contributed by atoms with Crippen LogP contribution in [0.25, 0.3) is 0 Å². The topological polar surface area (TPSA) is 92.3 Å². The number of hydrogen-bond acceptors (Lipinski definition) is 6. The van der Waals surface area contributed by atoms with Crippen molar-refractivity contribution in [3.05, 3.63) is 39.4 Å². The van der Waals surface area contributed by atoms with Crippen molar-refractivity contribution in [2.24, 2.45) is 5.92 Å². The van der Waals surface area contributed by atoms with Gasteiger partial charge in [0.25, 0.3) is 5.91 Å². The van der Waals surface area contributed by atoms with E-state index in [1.165, 1.54) is 6.07 Å². The van der Waals surface area contributed by atoms with Gasteiger partial charge in [-0.15, -0.1) is 5.10 Å². The van der Waals surface area contributed by atoms with Gasteiger partial charge < -0.3 is 4.90 Å². The summed E-state index contributed by atoms with van der Waals surface area (Å²) in [4.78, 5) is 15.0. The van der Waals surface area contributed by atoms with Crippen molar-refractivity contribution in [2.45, 2.75) is 31.6 Å². The van der Waals surface area contributed by atoms with Crippen LogP contribution < -0.4 is 4.72 Å². The SMILES string of the molecule is Cc1ccc(S(=O)(=O)NCC2CCN(C(=O)c3snnc3C)CC2)cc1Cl. The number of halogens is 1. The number of piperidine rings is 1. The fraction of sp³-hybridized carbons (Fsp3) is 0.471. The van der Waals surface area contributed by atoms with Gasteiger partial charge in [-0.3, -0.25) is 4.79 Å². The van der Waals surface area contributed by atoms with E-state index in [4.69, 9.17) is 11.6 Å². The van der Waals surface area contributed by atoms with E-state index in [9.17, 15) is 13.2 Å². The van der Waals surface area contributed by atoms with Gasteiger partial charge in [-0.2, -0.15) is 0 Å². The lowest BCUT2D eigenvalue weighted by Crippen LogP contribution is -2.41. The summed E-state index contributed by atoms with van der Waals surface area (Å²) >= 11 is 7.14. The normalized spacial score (nSPS) is 15.9. The molecule has 0 saturated carbocycles. The van der Waals surface area contributed by atoms with E-state index in [2.05, 4.69) is 14.3 Å². The highest BCUT2D eigenvalue weighted by Gasteiger charge is 2.27. The Labute approximate surface area is 167 Å². The minimum absolute atomic E-state index is 0.0455. The molecule has 1 aromatic carbocycles. The third-order valence-corrected chi connectivity index (χ3v) is 7.41. The van der Waals surface area contributed by atoms with Gasteiger partial charge in [-0.1, -0.05) is 22.2 Å². The zero-order valence-electron chi connectivity index (χ0n) is 15.1. The number of benzene rings is 1. The fourth-order valence-corrected chi connectivity index (χ4v) is 4.98. The number of amides is 1.